The molecule has 2 unspecified atom stereocenters. The highest BCUT2D eigenvalue weighted by atomic mass is 32.2. The van der Waals surface area contributed by atoms with Crippen LogP contribution in [0.5, 0.6) is 0 Å². The summed E-state index contributed by atoms with van der Waals surface area (Å²) in [7, 11) is -1.30. The number of pyridine rings is 2. The van der Waals surface area contributed by atoms with Gasteiger partial charge in [-0.1, -0.05) is 24.8 Å². The fourth-order valence-corrected chi connectivity index (χ4v) is 4.66. The molecule has 0 spiro atoms. The maximum absolute atomic E-state index is 12.5. The predicted octanol–water partition coefficient (Wildman–Crippen LogP) is 5.49. The molecule has 2 aromatic carbocycles. The SMILES string of the molecule is C=C(Nc1ccc2cnccc2c1)C1C[C@H]1c1ccc(S(=O)Nc2ccncc2)cc1. The number of hydrogen-bond donors (Lipinski definition) is 2. The number of allylic oxidation sites excluding steroid dienone is 1. The van der Waals surface area contributed by atoms with Crippen LogP contribution in [0.15, 0.2) is 103 Å². The summed E-state index contributed by atoms with van der Waals surface area (Å²) in [6.45, 7) is 4.27. The van der Waals surface area contributed by atoms with Crippen molar-refractivity contribution in [3.05, 3.63) is 103 Å². The first kappa shape index (κ1) is 19.5. The Morgan fingerprint density at radius 2 is 1.68 bits per heavy atom. The first-order valence-corrected chi connectivity index (χ1v) is 11.3. The van der Waals surface area contributed by atoms with Crippen LogP contribution in [0.1, 0.15) is 17.9 Å². The minimum Gasteiger partial charge on any atom is -0.359 e. The molecule has 0 amide bonds. The maximum Gasteiger partial charge on any atom is 0.150 e. The lowest BCUT2D eigenvalue weighted by Crippen LogP contribution is -2.05. The molecule has 4 aromatic rings. The van der Waals surface area contributed by atoms with Crippen LogP contribution in [0.4, 0.5) is 11.4 Å². The van der Waals surface area contributed by atoms with Gasteiger partial charge in [0.2, 0.25) is 0 Å². The van der Waals surface area contributed by atoms with E-state index in [4.69, 9.17) is 0 Å². The van der Waals surface area contributed by atoms with E-state index in [0.29, 0.717) is 11.8 Å². The number of nitrogens with one attached hydrogen (secondary N) is 2. The van der Waals surface area contributed by atoms with E-state index >= 15 is 0 Å². The molecule has 0 radical (unpaired) electrons. The maximum atomic E-state index is 12.5. The number of rotatable bonds is 7. The molecule has 0 aliphatic heterocycles. The highest BCUT2D eigenvalue weighted by Gasteiger charge is 2.40. The van der Waals surface area contributed by atoms with E-state index < -0.39 is 11.0 Å². The second kappa shape index (κ2) is 8.32. The molecule has 154 valence electrons. The standard InChI is InChI=1S/C25H22N4OS/c1-17(28-22-5-2-20-16-27-11-8-19(20)14-22)24-15-25(24)18-3-6-23(7-4-18)31(30)29-21-9-12-26-13-10-21/h2-14,16,24-25,28H,1,15H2,(H,26,29)/t24?,25-,31?/m0/s1. The summed E-state index contributed by atoms with van der Waals surface area (Å²) in [5.41, 5.74) is 4.11. The summed E-state index contributed by atoms with van der Waals surface area (Å²) in [6, 6.07) is 19.9. The molecule has 31 heavy (non-hydrogen) atoms. The average molecular weight is 427 g/mol. The largest absolute Gasteiger partial charge is 0.359 e. The molecule has 2 heterocycles. The summed E-state index contributed by atoms with van der Waals surface area (Å²) in [5, 5.41) is 5.75. The molecule has 5 nitrogen and oxygen atoms in total. The number of aromatic nitrogens is 2. The third kappa shape index (κ3) is 4.34. The van der Waals surface area contributed by atoms with Gasteiger partial charge in [-0.25, -0.2) is 4.21 Å². The Bertz CT molecular complexity index is 1260. The number of fused-ring (bicyclic) bond motifs is 1. The Hall–Kier alpha value is -3.51. The van der Waals surface area contributed by atoms with Gasteiger partial charge in [-0.15, -0.1) is 0 Å². The molecule has 6 heteroatoms. The zero-order chi connectivity index (χ0) is 21.2. The van der Waals surface area contributed by atoms with E-state index in [1.165, 1.54) is 5.56 Å². The van der Waals surface area contributed by atoms with Gasteiger partial charge in [-0.2, -0.15) is 0 Å². The topological polar surface area (TPSA) is 66.9 Å². The molecular formula is C25H22N4OS. The van der Waals surface area contributed by atoms with Crippen LogP contribution in [0, 0.1) is 5.92 Å². The van der Waals surface area contributed by atoms with Crippen LogP contribution in [0.25, 0.3) is 10.8 Å². The van der Waals surface area contributed by atoms with Crippen LogP contribution >= 0.6 is 0 Å². The Balaban J connectivity index is 1.21. The molecule has 1 aliphatic rings. The monoisotopic (exact) mass is 426 g/mol. The van der Waals surface area contributed by atoms with Gasteiger partial charge in [0.15, 0.2) is 0 Å². The lowest BCUT2D eigenvalue weighted by molar-refractivity contribution is 0.686. The van der Waals surface area contributed by atoms with Crippen molar-refractivity contribution in [2.24, 2.45) is 5.92 Å². The van der Waals surface area contributed by atoms with Crippen molar-refractivity contribution >= 4 is 33.1 Å². The quantitative estimate of drug-likeness (QED) is 0.410. The summed E-state index contributed by atoms with van der Waals surface area (Å²) >= 11 is 0. The predicted molar refractivity (Wildman–Crippen MR) is 126 cm³/mol. The second-order valence-corrected chi connectivity index (χ2v) is 8.93. The first-order chi connectivity index (χ1) is 15.2. The lowest BCUT2D eigenvalue weighted by Gasteiger charge is -2.11. The zero-order valence-electron chi connectivity index (χ0n) is 16.9. The van der Waals surface area contributed by atoms with Gasteiger partial charge < -0.3 is 10.0 Å². The highest BCUT2D eigenvalue weighted by Crippen LogP contribution is 2.51. The van der Waals surface area contributed by atoms with E-state index in [1.807, 2.05) is 24.4 Å². The molecule has 1 fully saturated rings. The van der Waals surface area contributed by atoms with Crippen LogP contribution in [-0.2, 0) is 11.0 Å². The van der Waals surface area contributed by atoms with Gasteiger partial charge in [0, 0.05) is 53.2 Å². The van der Waals surface area contributed by atoms with Gasteiger partial charge in [0.1, 0.15) is 11.0 Å². The van der Waals surface area contributed by atoms with E-state index in [2.05, 4.69) is 56.9 Å². The van der Waals surface area contributed by atoms with E-state index in [1.54, 1.807) is 30.7 Å². The third-order valence-corrected chi connectivity index (χ3v) is 6.72. The van der Waals surface area contributed by atoms with Crippen molar-refractivity contribution in [2.45, 2.75) is 17.2 Å². The molecule has 0 saturated heterocycles. The normalized spacial score (nSPS) is 18.3. The van der Waals surface area contributed by atoms with Crippen molar-refractivity contribution in [3.8, 4) is 0 Å². The van der Waals surface area contributed by atoms with Crippen molar-refractivity contribution in [1.29, 1.82) is 0 Å². The molecular weight excluding hydrogens is 404 g/mol. The van der Waals surface area contributed by atoms with Crippen LogP contribution < -0.4 is 10.0 Å². The summed E-state index contributed by atoms with van der Waals surface area (Å²) in [6.07, 6.45) is 8.09. The lowest BCUT2D eigenvalue weighted by atomic mass is 10.1. The Morgan fingerprint density at radius 1 is 0.903 bits per heavy atom. The van der Waals surface area contributed by atoms with Crippen molar-refractivity contribution in [2.75, 3.05) is 10.0 Å². The van der Waals surface area contributed by atoms with E-state index in [0.717, 1.165) is 39.2 Å². The molecule has 0 bridgehead atoms. The van der Waals surface area contributed by atoms with Gasteiger partial charge in [-0.05, 0) is 65.8 Å². The first-order valence-electron chi connectivity index (χ1n) is 10.2. The minimum absolute atomic E-state index is 0.402. The average Bonchev–Trinajstić information content (AvgIpc) is 3.61. The fraction of sp³-hybridized carbons (Fsp3) is 0.120. The van der Waals surface area contributed by atoms with Crippen molar-refractivity contribution in [3.63, 3.8) is 0 Å². The molecule has 5 rings (SSSR count). The Labute approximate surface area is 183 Å². The minimum atomic E-state index is -1.30. The fourth-order valence-electron chi connectivity index (χ4n) is 3.81. The molecule has 1 saturated carbocycles. The van der Waals surface area contributed by atoms with Crippen LogP contribution in [0.2, 0.25) is 0 Å². The van der Waals surface area contributed by atoms with Crippen LogP contribution in [-0.4, -0.2) is 14.2 Å². The zero-order valence-corrected chi connectivity index (χ0v) is 17.7. The molecule has 1 aliphatic carbocycles. The van der Waals surface area contributed by atoms with Crippen molar-refractivity contribution < 1.29 is 4.21 Å². The van der Waals surface area contributed by atoms with E-state index in [9.17, 15) is 4.21 Å². The van der Waals surface area contributed by atoms with Gasteiger partial charge in [0.05, 0.1) is 4.90 Å². The summed E-state index contributed by atoms with van der Waals surface area (Å²) in [4.78, 5) is 8.88. The summed E-state index contributed by atoms with van der Waals surface area (Å²) < 4.78 is 15.5. The second-order valence-electron chi connectivity index (χ2n) is 7.71. The Morgan fingerprint density at radius 3 is 2.48 bits per heavy atom. The Kier molecular flexibility index (Phi) is 5.22. The third-order valence-electron chi connectivity index (χ3n) is 5.60. The highest BCUT2D eigenvalue weighted by molar-refractivity contribution is 7.86. The molecule has 3 atom stereocenters. The number of hydrogen-bond acceptors (Lipinski definition) is 4. The van der Waals surface area contributed by atoms with Gasteiger partial charge in [0.25, 0.3) is 0 Å². The van der Waals surface area contributed by atoms with Crippen LogP contribution in [0.3, 0.4) is 0 Å². The number of benzene rings is 2. The van der Waals surface area contributed by atoms with Gasteiger partial charge >= 0.3 is 0 Å². The molecule has 2 N–H and O–H groups in total. The molecule has 2 aromatic heterocycles. The number of nitrogens with zero attached hydrogens (tertiary/aromatic N) is 2. The van der Waals surface area contributed by atoms with Crippen molar-refractivity contribution in [1.82, 2.24) is 9.97 Å². The number of anilines is 2. The van der Waals surface area contributed by atoms with Gasteiger partial charge in [-0.3, -0.25) is 9.97 Å². The smallest absolute Gasteiger partial charge is 0.150 e. The van der Waals surface area contributed by atoms with E-state index in [-0.39, 0.29) is 0 Å². The summed E-state index contributed by atoms with van der Waals surface area (Å²) in [5.74, 6) is 0.847.